The summed E-state index contributed by atoms with van der Waals surface area (Å²) in [6.07, 6.45) is 0. The molecule has 0 fully saturated rings. The van der Waals surface area contributed by atoms with Crippen LogP contribution in [0.1, 0.15) is 11.3 Å². The molecule has 0 aliphatic rings. The van der Waals surface area contributed by atoms with Crippen LogP contribution in [0.25, 0.3) is 32.1 Å². The highest BCUT2D eigenvalue weighted by molar-refractivity contribution is 7.17. The van der Waals surface area contributed by atoms with Gasteiger partial charge >= 0.3 is 0 Å². The standard InChI is InChI=1S/C20H18NS/c1-13-10-16-8-9-22-19(16)12-18(13)20-17-7-5-4-6-15(17)11-14(2)21(20)3/h4-12H,1-3H3/q+1. The molecule has 0 unspecified atom stereocenters. The molecule has 108 valence electrons. The third-order valence-corrected chi connectivity index (χ3v) is 5.38. The van der Waals surface area contributed by atoms with Gasteiger partial charge in [0.2, 0.25) is 5.69 Å². The molecule has 0 aliphatic carbocycles. The number of thiophene rings is 1. The Morgan fingerprint density at radius 2 is 1.73 bits per heavy atom. The molecule has 0 amide bonds. The SMILES string of the molecule is Cc1cc2ccsc2cc1-c1c2ccccc2cc(C)[n+]1C. The topological polar surface area (TPSA) is 3.88 Å². The number of benzene rings is 2. The first-order valence-corrected chi connectivity index (χ1v) is 8.40. The maximum Gasteiger partial charge on any atom is 0.220 e. The zero-order valence-electron chi connectivity index (χ0n) is 13.1. The lowest BCUT2D eigenvalue weighted by molar-refractivity contribution is -0.665. The Labute approximate surface area is 134 Å². The first-order valence-electron chi connectivity index (χ1n) is 7.52. The fraction of sp³-hybridized carbons (Fsp3) is 0.150. The van der Waals surface area contributed by atoms with Gasteiger partial charge in [-0.25, -0.2) is 0 Å². The Kier molecular flexibility index (Phi) is 3.02. The molecule has 0 N–H and O–H groups in total. The zero-order valence-corrected chi connectivity index (χ0v) is 13.9. The van der Waals surface area contributed by atoms with E-state index in [9.17, 15) is 0 Å². The van der Waals surface area contributed by atoms with E-state index in [1.165, 1.54) is 43.4 Å². The quantitative estimate of drug-likeness (QED) is 0.427. The summed E-state index contributed by atoms with van der Waals surface area (Å²) in [5.41, 5.74) is 5.25. The molecule has 0 spiro atoms. The summed E-state index contributed by atoms with van der Waals surface area (Å²) >= 11 is 1.81. The van der Waals surface area contributed by atoms with Crippen LogP contribution in [-0.2, 0) is 7.05 Å². The molecule has 2 aromatic heterocycles. The molecule has 22 heavy (non-hydrogen) atoms. The molecule has 1 nitrogen and oxygen atoms in total. The van der Waals surface area contributed by atoms with Gasteiger partial charge in [0, 0.05) is 17.7 Å². The van der Waals surface area contributed by atoms with Gasteiger partial charge in [-0.05, 0) is 52.9 Å². The minimum Gasteiger partial charge on any atom is -0.198 e. The van der Waals surface area contributed by atoms with Crippen molar-refractivity contribution in [2.24, 2.45) is 7.05 Å². The lowest BCUT2D eigenvalue weighted by atomic mass is 9.98. The van der Waals surface area contributed by atoms with E-state index in [1.807, 2.05) is 11.3 Å². The molecule has 0 radical (unpaired) electrons. The van der Waals surface area contributed by atoms with Crippen molar-refractivity contribution in [3.8, 4) is 11.3 Å². The monoisotopic (exact) mass is 304 g/mol. The van der Waals surface area contributed by atoms with Crippen LogP contribution in [-0.4, -0.2) is 0 Å². The summed E-state index contributed by atoms with van der Waals surface area (Å²) in [5, 5.41) is 6.13. The summed E-state index contributed by atoms with van der Waals surface area (Å²) in [6.45, 7) is 4.39. The van der Waals surface area contributed by atoms with Crippen molar-refractivity contribution in [2.75, 3.05) is 0 Å². The first kappa shape index (κ1) is 13.5. The van der Waals surface area contributed by atoms with Gasteiger partial charge in [-0.15, -0.1) is 11.3 Å². The second-order valence-corrected chi connectivity index (χ2v) is 6.85. The van der Waals surface area contributed by atoms with E-state index in [4.69, 9.17) is 0 Å². The zero-order chi connectivity index (χ0) is 15.3. The summed E-state index contributed by atoms with van der Waals surface area (Å²) < 4.78 is 3.66. The molecule has 0 bridgehead atoms. The Balaban J connectivity index is 2.15. The first-order chi connectivity index (χ1) is 10.6. The molecule has 0 saturated carbocycles. The lowest BCUT2D eigenvalue weighted by Crippen LogP contribution is -2.35. The number of aromatic nitrogens is 1. The maximum atomic E-state index is 2.34. The highest BCUT2D eigenvalue weighted by Crippen LogP contribution is 2.33. The predicted molar refractivity (Wildman–Crippen MR) is 95.4 cm³/mol. The number of nitrogens with zero attached hydrogens (tertiary/aromatic N) is 1. The van der Waals surface area contributed by atoms with E-state index in [-0.39, 0.29) is 0 Å². The molecule has 2 heterocycles. The maximum absolute atomic E-state index is 2.34. The Morgan fingerprint density at radius 3 is 2.59 bits per heavy atom. The minimum absolute atomic E-state index is 1.28. The van der Waals surface area contributed by atoms with E-state index in [0.717, 1.165) is 0 Å². The van der Waals surface area contributed by atoms with Crippen LogP contribution in [0.4, 0.5) is 0 Å². The van der Waals surface area contributed by atoms with E-state index in [2.05, 4.69) is 79.4 Å². The van der Waals surface area contributed by atoms with Crippen LogP contribution in [0.3, 0.4) is 0 Å². The molecular weight excluding hydrogens is 286 g/mol. The largest absolute Gasteiger partial charge is 0.220 e. The summed E-state index contributed by atoms with van der Waals surface area (Å²) in [4.78, 5) is 0. The van der Waals surface area contributed by atoms with Gasteiger partial charge in [0.15, 0.2) is 5.69 Å². The van der Waals surface area contributed by atoms with Crippen LogP contribution in [0, 0.1) is 13.8 Å². The van der Waals surface area contributed by atoms with Crippen LogP contribution in [0.2, 0.25) is 0 Å². The fourth-order valence-electron chi connectivity index (χ4n) is 3.22. The lowest BCUT2D eigenvalue weighted by Gasteiger charge is -2.10. The normalized spacial score (nSPS) is 11.4. The summed E-state index contributed by atoms with van der Waals surface area (Å²) in [6, 6.07) is 17.8. The number of aryl methyl sites for hydroxylation is 2. The van der Waals surface area contributed by atoms with E-state index >= 15 is 0 Å². The van der Waals surface area contributed by atoms with Gasteiger partial charge in [0.1, 0.15) is 7.05 Å². The van der Waals surface area contributed by atoms with E-state index < -0.39 is 0 Å². The molecule has 2 aromatic carbocycles. The van der Waals surface area contributed by atoms with E-state index in [1.54, 1.807) is 0 Å². The molecule has 0 atom stereocenters. The fourth-order valence-corrected chi connectivity index (χ4v) is 4.03. The summed E-state index contributed by atoms with van der Waals surface area (Å²) in [7, 11) is 2.16. The number of pyridine rings is 1. The average molecular weight is 304 g/mol. The number of hydrogen-bond acceptors (Lipinski definition) is 1. The average Bonchev–Trinajstić information content (AvgIpc) is 2.95. The van der Waals surface area contributed by atoms with Crippen LogP contribution < -0.4 is 4.57 Å². The Morgan fingerprint density at radius 1 is 0.909 bits per heavy atom. The second-order valence-electron chi connectivity index (χ2n) is 5.91. The van der Waals surface area contributed by atoms with Crippen molar-refractivity contribution >= 4 is 32.2 Å². The van der Waals surface area contributed by atoms with Crippen molar-refractivity contribution in [2.45, 2.75) is 13.8 Å². The smallest absolute Gasteiger partial charge is 0.198 e. The molecule has 0 aliphatic heterocycles. The van der Waals surface area contributed by atoms with Gasteiger partial charge in [-0.3, -0.25) is 0 Å². The molecule has 4 rings (SSSR count). The van der Waals surface area contributed by atoms with Gasteiger partial charge in [0.25, 0.3) is 0 Å². The van der Waals surface area contributed by atoms with E-state index in [0.29, 0.717) is 0 Å². The highest BCUT2D eigenvalue weighted by atomic mass is 32.1. The highest BCUT2D eigenvalue weighted by Gasteiger charge is 2.19. The third-order valence-electron chi connectivity index (χ3n) is 4.50. The van der Waals surface area contributed by atoms with Crippen molar-refractivity contribution in [1.82, 2.24) is 0 Å². The van der Waals surface area contributed by atoms with Gasteiger partial charge in [-0.1, -0.05) is 18.2 Å². The number of rotatable bonds is 1. The summed E-state index contributed by atoms with van der Waals surface area (Å²) in [5.74, 6) is 0. The molecular formula is C20H18NS+. The van der Waals surface area contributed by atoms with Crippen LogP contribution in [0.15, 0.2) is 53.9 Å². The third kappa shape index (κ3) is 1.95. The molecule has 2 heteroatoms. The van der Waals surface area contributed by atoms with Gasteiger partial charge in [0.05, 0.1) is 10.9 Å². The number of hydrogen-bond donors (Lipinski definition) is 0. The van der Waals surface area contributed by atoms with Crippen molar-refractivity contribution in [3.05, 3.63) is 65.2 Å². The molecule has 0 saturated heterocycles. The van der Waals surface area contributed by atoms with Gasteiger partial charge in [-0.2, -0.15) is 4.57 Å². The second kappa shape index (κ2) is 4.92. The van der Waals surface area contributed by atoms with Crippen molar-refractivity contribution in [1.29, 1.82) is 0 Å². The number of fused-ring (bicyclic) bond motifs is 2. The van der Waals surface area contributed by atoms with Crippen molar-refractivity contribution in [3.63, 3.8) is 0 Å². The van der Waals surface area contributed by atoms with Crippen molar-refractivity contribution < 1.29 is 4.57 Å². The van der Waals surface area contributed by atoms with Crippen LogP contribution >= 0.6 is 11.3 Å². The minimum atomic E-state index is 1.28. The Bertz CT molecular complexity index is 1010. The Hall–Kier alpha value is -2.19. The van der Waals surface area contributed by atoms with Gasteiger partial charge < -0.3 is 0 Å². The predicted octanol–water partition coefficient (Wildman–Crippen LogP) is 5.16. The van der Waals surface area contributed by atoms with Crippen LogP contribution in [0.5, 0.6) is 0 Å². The molecule has 4 aromatic rings.